The number of methoxy groups -OCH3 is 1. The molecule has 0 aromatic heterocycles. The molecular weight excluding hydrogens is 475 g/mol. The number of hydrogen-bond acceptors (Lipinski definition) is 4. The molecule has 0 radical (unpaired) electrons. The molecule has 0 spiro atoms. The Labute approximate surface area is 168 Å². The molecule has 0 saturated heterocycles. The number of ether oxygens (including phenoxy) is 1. The number of hydrogen-bond donors (Lipinski definition) is 0. The monoisotopic (exact) mass is 496 g/mol. The molecule has 3 rings (SSSR count). The standard InChI is InChI=1S/C21H21IO4S/c1-16-4-8-18(9-5-16)22(19-10-12-20(25-3)13-11-19)26-27(23,24)21-14-6-17(2)7-15-21/h4-15H,1-3H3. The molecule has 0 saturated carbocycles. The van der Waals surface area contributed by atoms with E-state index in [1.807, 2.05) is 62.4 Å². The predicted octanol–water partition coefficient (Wildman–Crippen LogP) is 5.18. The first-order valence-electron chi connectivity index (χ1n) is 8.31. The van der Waals surface area contributed by atoms with Crippen molar-refractivity contribution in [3.8, 4) is 5.75 Å². The average Bonchev–Trinajstić information content (AvgIpc) is 2.67. The Morgan fingerprint density at radius 2 is 1.15 bits per heavy atom. The fourth-order valence-corrected chi connectivity index (χ4v) is 9.24. The first-order valence-corrected chi connectivity index (χ1v) is 12.8. The Balaban J connectivity index is 2.00. The van der Waals surface area contributed by atoms with Gasteiger partial charge in [0, 0.05) is 0 Å². The Kier molecular flexibility index (Phi) is 6.18. The van der Waals surface area contributed by atoms with E-state index in [1.165, 1.54) is 0 Å². The van der Waals surface area contributed by atoms with Gasteiger partial charge in [-0.05, 0) is 0 Å². The van der Waals surface area contributed by atoms with Crippen LogP contribution in [-0.4, -0.2) is 15.5 Å². The maximum absolute atomic E-state index is 12.9. The van der Waals surface area contributed by atoms with Gasteiger partial charge in [0.1, 0.15) is 0 Å². The normalized spacial score (nSPS) is 11.9. The van der Waals surface area contributed by atoms with Crippen LogP contribution in [0.3, 0.4) is 0 Å². The van der Waals surface area contributed by atoms with Crippen LogP contribution in [0, 0.1) is 21.0 Å². The molecule has 0 heterocycles. The van der Waals surface area contributed by atoms with Crippen molar-refractivity contribution in [2.45, 2.75) is 18.7 Å². The van der Waals surface area contributed by atoms with Gasteiger partial charge in [-0.1, -0.05) is 0 Å². The van der Waals surface area contributed by atoms with Crippen molar-refractivity contribution in [3.63, 3.8) is 0 Å². The van der Waals surface area contributed by atoms with Gasteiger partial charge in [0.2, 0.25) is 0 Å². The summed E-state index contributed by atoms with van der Waals surface area (Å²) in [5.74, 6) is 0.722. The SMILES string of the molecule is COc1ccc(I(OS(=O)(=O)c2ccc(C)cc2)c2ccc(C)cc2)cc1. The van der Waals surface area contributed by atoms with Gasteiger partial charge in [-0.15, -0.1) is 0 Å². The van der Waals surface area contributed by atoms with Crippen LogP contribution in [0.5, 0.6) is 5.75 Å². The van der Waals surface area contributed by atoms with Crippen molar-refractivity contribution in [2.24, 2.45) is 0 Å². The molecule has 0 unspecified atom stereocenters. The molecule has 0 aliphatic rings. The summed E-state index contributed by atoms with van der Waals surface area (Å²) in [6.07, 6.45) is 0. The second-order valence-electron chi connectivity index (χ2n) is 6.03. The van der Waals surface area contributed by atoms with E-state index in [0.717, 1.165) is 24.0 Å². The van der Waals surface area contributed by atoms with Crippen LogP contribution in [0.2, 0.25) is 0 Å². The molecule has 3 aromatic rings. The van der Waals surface area contributed by atoms with Crippen LogP contribution in [0.4, 0.5) is 0 Å². The van der Waals surface area contributed by atoms with Crippen LogP contribution in [0.15, 0.2) is 77.7 Å². The molecule has 0 fully saturated rings. The third kappa shape index (κ3) is 4.88. The van der Waals surface area contributed by atoms with Crippen molar-refractivity contribution in [3.05, 3.63) is 91.1 Å². The van der Waals surface area contributed by atoms with Crippen LogP contribution in [-0.2, 0) is 12.6 Å². The third-order valence-corrected chi connectivity index (χ3v) is 11.3. The zero-order valence-corrected chi connectivity index (χ0v) is 18.3. The van der Waals surface area contributed by atoms with Gasteiger partial charge in [-0.25, -0.2) is 0 Å². The first kappa shape index (κ1) is 19.9. The zero-order valence-electron chi connectivity index (χ0n) is 15.3. The van der Waals surface area contributed by atoms with E-state index in [-0.39, 0.29) is 4.90 Å². The second-order valence-corrected chi connectivity index (χ2v) is 12.5. The number of rotatable bonds is 6. The van der Waals surface area contributed by atoms with Gasteiger partial charge in [0.15, 0.2) is 0 Å². The third-order valence-electron chi connectivity index (χ3n) is 3.91. The number of halogens is 1. The van der Waals surface area contributed by atoms with Crippen molar-refractivity contribution >= 4 is 30.4 Å². The van der Waals surface area contributed by atoms with Gasteiger partial charge in [0.05, 0.1) is 0 Å². The summed E-state index contributed by atoms with van der Waals surface area (Å²) < 4.78 is 38.6. The van der Waals surface area contributed by atoms with Crippen molar-refractivity contribution in [1.29, 1.82) is 0 Å². The summed E-state index contributed by atoms with van der Waals surface area (Å²) >= 11 is -2.67. The van der Waals surface area contributed by atoms with Crippen LogP contribution < -0.4 is 4.74 Å². The minimum absolute atomic E-state index is 0.177. The van der Waals surface area contributed by atoms with Crippen molar-refractivity contribution in [1.82, 2.24) is 0 Å². The summed E-state index contributed by atoms with van der Waals surface area (Å²) in [6.45, 7) is 3.92. The van der Waals surface area contributed by atoms with E-state index in [9.17, 15) is 8.42 Å². The molecule has 0 bridgehead atoms. The molecule has 142 valence electrons. The number of benzene rings is 3. The molecule has 0 aliphatic heterocycles. The fraction of sp³-hybridized carbons (Fsp3) is 0.143. The molecule has 27 heavy (non-hydrogen) atoms. The van der Waals surface area contributed by atoms with Crippen molar-refractivity contribution in [2.75, 3.05) is 7.11 Å². The summed E-state index contributed by atoms with van der Waals surface area (Å²) in [5.41, 5.74) is 2.11. The molecule has 6 heteroatoms. The van der Waals surface area contributed by atoms with E-state index in [4.69, 9.17) is 7.25 Å². The summed E-state index contributed by atoms with van der Waals surface area (Å²) in [5, 5.41) is 0. The van der Waals surface area contributed by atoms with Gasteiger partial charge in [-0.2, -0.15) is 0 Å². The van der Waals surface area contributed by atoms with Crippen LogP contribution in [0.1, 0.15) is 11.1 Å². The molecule has 4 nitrogen and oxygen atoms in total. The predicted molar refractivity (Wildman–Crippen MR) is 115 cm³/mol. The maximum atomic E-state index is 12.9. The Bertz CT molecular complexity index is 996. The minimum atomic E-state index is -3.86. The van der Waals surface area contributed by atoms with Crippen LogP contribution in [0.25, 0.3) is 0 Å². The molecule has 3 aromatic carbocycles. The number of aryl methyl sites for hydroxylation is 2. The van der Waals surface area contributed by atoms with Gasteiger partial charge in [0.25, 0.3) is 0 Å². The second kappa shape index (κ2) is 8.41. The van der Waals surface area contributed by atoms with E-state index < -0.39 is 30.4 Å². The Morgan fingerprint density at radius 1 is 0.704 bits per heavy atom. The van der Waals surface area contributed by atoms with E-state index in [1.54, 1.807) is 31.4 Å². The van der Waals surface area contributed by atoms with Gasteiger partial charge < -0.3 is 0 Å². The average molecular weight is 496 g/mol. The molecular formula is C21H21IO4S. The Morgan fingerprint density at radius 3 is 1.63 bits per heavy atom. The molecule has 0 N–H and O–H groups in total. The quantitative estimate of drug-likeness (QED) is 0.442. The summed E-state index contributed by atoms with van der Waals surface area (Å²) in [6, 6.07) is 22.0. The molecule has 0 atom stereocenters. The topological polar surface area (TPSA) is 52.6 Å². The summed E-state index contributed by atoms with van der Waals surface area (Å²) in [4.78, 5) is 0.177. The van der Waals surface area contributed by atoms with E-state index in [0.29, 0.717) is 0 Å². The van der Waals surface area contributed by atoms with Gasteiger partial charge >= 0.3 is 169 Å². The Hall–Kier alpha value is -1.90. The summed E-state index contributed by atoms with van der Waals surface area (Å²) in [7, 11) is -2.26. The van der Waals surface area contributed by atoms with E-state index in [2.05, 4.69) is 0 Å². The fourth-order valence-electron chi connectivity index (χ4n) is 2.36. The van der Waals surface area contributed by atoms with Gasteiger partial charge in [-0.3, -0.25) is 0 Å². The zero-order chi connectivity index (χ0) is 19.4. The molecule has 0 amide bonds. The molecule has 0 aliphatic carbocycles. The van der Waals surface area contributed by atoms with Crippen molar-refractivity contribution < 1.29 is 15.7 Å². The van der Waals surface area contributed by atoms with Crippen LogP contribution >= 0.6 is 20.2 Å². The van der Waals surface area contributed by atoms with E-state index >= 15 is 0 Å². The first-order chi connectivity index (χ1) is 12.9.